The van der Waals surface area contributed by atoms with Crippen LogP contribution >= 0.6 is 75.8 Å². The summed E-state index contributed by atoms with van der Waals surface area (Å²) in [7, 11) is 1.09. The van der Waals surface area contributed by atoms with Crippen LogP contribution in [-0.4, -0.2) is 254 Å². The molecule has 3 rings (SSSR count). The number of carbonyl (C=O) groups is 16. The summed E-state index contributed by atoms with van der Waals surface area (Å²) in [5.74, 6) is -11.5. The van der Waals surface area contributed by atoms with E-state index in [1.165, 1.54) is 43.3 Å². The average Bonchev–Trinajstić information content (AvgIpc) is 1.76. The van der Waals surface area contributed by atoms with Crippen LogP contribution in [0.4, 0.5) is 0 Å². The maximum absolute atomic E-state index is 14.3. The summed E-state index contributed by atoms with van der Waals surface area (Å²) in [6.07, 6.45) is -2.72. The molecule has 0 radical (unpaired) electrons. The number of Topliss-reactive ketones (excluding diaryl/α,β-unsaturated/α-hetero) is 2. The van der Waals surface area contributed by atoms with Crippen LogP contribution in [-0.2, 0) is 94.3 Å². The molecule has 2 aromatic rings. The van der Waals surface area contributed by atoms with Gasteiger partial charge < -0.3 is 88.7 Å². The fourth-order valence-electron chi connectivity index (χ4n) is 9.67. The van der Waals surface area contributed by atoms with Crippen molar-refractivity contribution in [1.82, 2.24) is 68.8 Å². The van der Waals surface area contributed by atoms with E-state index in [1.54, 1.807) is 12.1 Å². The second-order valence-electron chi connectivity index (χ2n) is 22.9. The molecule has 0 bridgehead atoms. The quantitative estimate of drug-likeness (QED) is 0.00732. The van der Waals surface area contributed by atoms with E-state index in [1.807, 2.05) is 0 Å². The number of rotatable bonds is 44. The van der Waals surface area contributed by atoms with E-state index >= 15 is 0 Å². The summed E-state index contributed by atoms with van der Waals surface area (Å²) in [6, 6.07) is -7.67. The number of hydrogen-bond donors (Lipinski definition) is 23. The Balaban J connectivity index is 1.70. The van der Waals surface area contributed by atoms with Crippen LogP contribution in [0.25, 0.3) is 0 Å². The van der Waals surface area contributed by atoms with Crippen molar-refractivity contribution in [1.29, 1.82) is 0 Å². The van der Waals surface area contributed by atoms with Gasteiger partial charge in [-0.2, -0.15) is 75.8 Å². The molecule has 1 saturated heterocycles. The fourth-order valence-corrected chi connectivity index (χ4v) is 11.2. The minimum atomic E-state index is -1.77. The van der Waals surface area contributed by atoms with E-state index in [0.717, 1.165) is 18.9 Å². The number of likely N-dealkylation sites (tertiary alicyclic amines) is 1. The Hall–Kier alpha value is -7.90. The van der Waals surface area contributed by atoms with Crippen molar-refractivity contribution < 1.29 is 96.8 Å². The van der Waals surface area contributed by atoms with Crippen LogP contribution in [0.5, 0.6) is 11.5 Å². The number of benzene rings is 2. The highest BCUT2D eigenvalue weighted by Crippen LogP contribution is 2.21. The molecule has 0 saturated carbocycles. The number of phenolic OH excluding ortho intramolecular Hbond substituents is 2. The van der Waals surface area contributed by atoms with Gasteiger partial charge in [-0.05, 0) is 74.9 Å². The zero-order valence-corrected chi connectivity index (χ0v) is 60.3. The lowest BCUT2D eigenvalue weighted by Gasteiger charge is -2.30. The molecule has 101 heavy (non-hydrogen) atoms. The summed E-state index contributed by atoms with van der Waals surface area (Å²) in [5.41, 5.74) is 8.66. The number of aliphatic hydroxyl groups is 1. The van der Waals surface area contributed by atoms with Gasteiger partial charge in [-0.25, -0.2) is 5.43 Å². The number of nitrogens with one attached hydrogen (secondary N) is 12. The first-order chi connectivity index (χ1) is 47.8. The molecule has 1 fully saturated rings. The van der Waals surface area contributed by atoms with Crippen LogP contribution < -0.4 is 75.5 Å². The van der Waals surface area contributed by atoms with E-state index in [9.17, 15) is 92.0 Å². The van der Waals surface area contributed by atoms with Gasteiger partial charge in [-0.3, -0.25) is 83.1 Å². The third-order valence-electron chi connectivity index (χ3n) is 15.3. The monoisotopic (exact) mass is 1530 g/mol. The molecule has 0 aromatic heterocycles. The summed E-state index contributed by atoms with van der Waals surface area (Å²) in [5, 5.41) is 56.6. The van der Waals surface area contributed by atoms with Crippen molar-refractivity contribution in [3.8, 4) is 11.5 Å². The van der Waals surface area contributed by atoms with E-state index in [-0.39, 0.29) is 67.4 Å². The number of hydrazine groups is 1. The number of primary amides is 1. The van der Waals surface area contributed by atoms with Crippen molar-refractivity contribution in [2.45, 2.75) is 143 Å². The summed E-state index contributed by atoms with van der Waals surface area (Å²) in [4.78, 5) is 214. The van der Waals surface area contributed by atoms with Gasteiger partial charge in [0.25, 0.3) is 0 Å². The lowest BCUT2D eigenvalue weighted by atomic mass is 10.0. The van der Waals surface area contributed by atoms with Crippen LogP contribution in [0, 0.1) is 0 Å². The van der Waals surface area contributed by atoms with Gasteiger partial charge in [-0.1, -0.05) is 24.3 Å². The van der Waals surface area contributed by atoms with Crippen molar-refractivity contribution in [3.63, 3.8) is 0 Å². The lowest BCUT2D eigenvalue weighted by Crippen LogP contribution is -2.61. The SMILES string of the molecule is COC(=O)CCC(N[C@@H](CS)C(=O)C(=O)[C@H](CS)NN)C(=O)N[C@@H](Cc1ccc(O)cc1)C(=O)N[C@@H](CS)C(=O)N[C@@H](CS)C(=O)N[C@@H](CC(N)=O)C(=O)N1CCC[C@H]1C(=O)NC(C)C(=O)N[C@@H](CS)C(=O)N[C@H](C(=O)NCC(=O)NC(CS)C(=O)N[C@H](C=O)Cc1ccc(O)cc1)[C@@H](C)O. The Bertz CT molecular complexity index is 3250. The molecule has 41 heteroatoms. The van der Waals surface area contributed by atoms with Crippen LogP contribution in [0.1, 0.15) is 57.1 Å². The summed E-state index contributed by atoms with van der Waals surface area (Å²) < 4.78 is 4.72. The van der Waals surface area contributed by atoms with Crippen molar-refractivity contribution in [2.75, 3.05) is 54.7 Å². The Morgan fingerprint density at radius 1 is 0.564 bits per heavy atom. The molecule has 0 spiro atoms. The Kier molecular flexibility index (Phi) is 38.4. The minimum Gasteiger partial charge on any atom is -0.508 e. The molecule has 14 atom stereocenters. The van der Waals surface area contributed by atoms with Gasteiger partial charge in [-0.15, -0.1) is 0 Å². The number of carbonyl (C=O) groups excluding carboxylic acids is 16. The standard InChI is InChI=1S/C60H87N15O20S6/c1-28(51(85)70-43(27-101)57(91)73-48(29(2)77)59(93)63-20-46(81)67-40(24-98)54(88)65-32(21-76)17-30-6-10-33(78)11-7-30)64-58(92)44-5-4-16-75(44)60(94)37(19-45(61)80)69-55(89)41(25-99)72-56(90)42(26-100)71-53(87)36(18-31-8-12-34(79)13-9-31)68-52(86)35(14-15-47(82)95-3)66-38(22-96)49(83)50(84)39(23-97)74-62/h6-13,21,28-29,32,35-44,48,66,74,77-79,96-101H,4-5,14-20,22-27,62H2,1-3H3,(H2,61,80)(H,63,93)(H,64,92)(H,65,88)(H,67,81)(H,68,86)(H,69,89)(H,70,85)(H,71,87)(H,72,90)(H,73,91)/t28?,29-,32+,35?,36+,37+,38+,39+,40?,41+,42+,43+,44+,48+/m1/s1. The van der Waals surface area contributed by atoms with Gasteiger partial charge in [0.1, 0.15) is 72.2 Å². The second-order valence-corrected chi connectivity index (χ2v) is 25.1. The first-order valence-corrected chi connectivity index (χ1v) is 34.9. The van der Waals surface area contributed by atoms with E-state index in [0.29, 0.717) is 17.4 Å². The van der Waals surface area contributed by atoms with Crippen LogP contribution in [0.3, 0.4) is 0 Å². The molecule has 558 valence electrons. The predicted molar refractivity (Wildman–Crippen MR) is 382 cm³/mol. The zero-order chi connectivity index (χ0) is 75.8. The molecular weight excluding hydrogens is 1440 g/mol. The molecule has 2 aromatic carbocycles. The topological polar surface area (TPSA) is 543 Å². The Labute approximate surface area is 613 Å². The lowest BCUT2D eigenvalue weighted by molar-refractivity contribution is -0.143. The summed E-state index contributed by atoms with van der Waals surface area (Å²) in [6.45, 7) is 1.48. The van der Waals surface area contributed by atoms with Gasteiger partial charge in [0, 0.05) is 53.9 Å². The number of aromatic hydroxyl groups is 2. The number of thiol groups is 6. The maximum atomic E-state index is 14.3. The highest BCUT2D eigenvalue weighted by molar-refractivity contribution is 7.81. The van der Waals surface area contributed by atoms with E-state index in [4.69, 9.17) is 16.3 Å². The number of esters is 1. The number of aliphatic hydroxyl groups excluding tert-OH is 1. The molecule has 3 unspecified atom stereocenters. The normalized spacial score (nSPS) is 16.4. The number of methoxy groups -OCH3 is 1. The molecule has 35 nitrogen and oxygen atoms in total. The maximum Gasteiger partial charge on any atom is 0.305 e. The molecule has 0 aliphatic carbocycles. The van der Waals surface area contributed by atoms with Crippen LogP contribution in [0.15, 0.2) is 48.5 Å². The highest BCUT2D eigenvalue weighted by Gasteiger charge is 2.41. The zero-order valence-electron chi connectivity index (χ0n) is 55.0. The van der Waals surface area contributed by atoms with Crippen molar-refractivity contribution in [3.05, 3.63) is 59.7 Å². The third kappa shape index (κ3) is 28.5. The number of ketones is 2. The van der Waals surface area contributed by atoms with Gasteiger partial charge in [0.2, 0.25) is 82.5 Å². The summed E-state index contributed by atoms with van der Waals surface area (Å²) >= 11 is 24.9. The van der Waals surface area contributed by atoms with Crippen molar-refractivity contribution in [2.24, 2.45) is 11.6 Å². The largest absolute Gasteiger partial charge is 0.508 e. The molecule has 12 amide bonds. The van der Waals surface area contributed by atoms with Gasteiger partial charge in [0.15, 0.2) is 0 Å². The number of aldehydes is 1. The Morgan fingerprint density at radius 3 is 1.50 bits per heavy atom. The number of phenols is 2. The first-order valence-electron chi connectivity index (χ1n) is 31.1. The highest BCUT2D eigenvalue weighted by atomic mass is 32.1. The fraction of sp³-hybridized carbons (Fsp3) is 0.533. The van der Waals surface area contributed by atoms with E-state index in [2.05, 4.69) is 140 Å². The molecular formula is C60H87N15O20S6. The molecule has 1 heterocycles. The molecule has 1 aliphatic heterocycles. The number of amides is 12. The van der Waals surface area contributed by atoms with Crippen molar-refractivity contribution >= 4 is 170 Å². The number of hydrogen-bond acceptors (Lipinski definition) is 29. The molecule has 1 aliphatic rings. The number of nitrogens with two attached hydrogens (primary N) is 2. The second kappa shape index (κ2) is 44.5. The number of ether oxygens (including phenoxy) is 1. The minimum absolute atomic E-state index is 0.00830. The molecule has 19 N–H and O–H groups in total. The third-order valence-corrected chi connectivity index (χ3v) is 17.5. The van der Waals surface area contributed by atoms with Crippen LogP contribution in [0.2, 0.25) is 0 Å². The first kappa shape index (κ1) is 87.3. The van der Waals surface area contributed by atoms with E-state index < -0.39 is 210 Å². The van der Waals surface area contributed by atoms with Gasteiger partial charge in [0.05, 0.1) is 50.3 Å². The van der Waals surface area contributed by atoms with Gasteiger partial charge >= 0.3 is 5.97 Å². The Morgan fingerprint density at radius 2 is 1.01 bits per heavy atom. The average molecular weight is 1530 g/mol. The smallest absolute Gasteiger partial charge is 0.305 e. The predicted octanol–water partition coefficient (Wildman–Crippen LogP) is -7.34. The number of nitrogens with zero attached hydrogens (tertiary/aromatic N) is 1.